The molecule has 0 spiro atoms. The zero-order valence-corrected chi connectivity index (χ0v) is 19.4. The van der Waals surface area contributed by atoms with Gasteiger partial charge in [0.2, 0.25) is 0 Å². The van der Waals surface area contributed by atoms with Crippen molar-refractivity contribution in [3.05, 3.63) is 34.6 Å². The molecule has 0 aliphatic rings. The molecule has 168 valence electrons. The van der Waals surface area contributed by atoms with Gasteiger partial charge in [0, 0.05) is 32.9 Å². The molecule has 0 aliphatic carbocycles. The highest BCUT2D eigenvalue weighted by molar-refractivity contribution is 6.30. The van der Waals surface area contributed by atoms with Gasteiger partial charge in [-0.3, -0.25) is 0 Å². The molecule has 0 radical (unpaired) electrons. The van der Waals surface area contributed by atoms with Gasteiger partial charge in [0.05, 0.1) is 11.1 Å². The number of halogens is 2. The van der Waals surface area contributed by atoms with E-state index in [0.717, 1.165) is 6.61 Å². The lowest BCUT2D eigenvalue weighted by atomic mass is 10.0. The lowest BCUT2D eigenvalue weighted by molar-refractivity contribution is 0.0295. The molecule has 0 aromatic heterocycles. The van der Waals surface area contributed by atoms with Crippen molar-refractivity contribution in [1.82, 2.24) is 4.90 Å². The standard InChI is InChI=1S/C17H25ClFNO3.C5H12O/c1-17(2,3)23-16(22)20(4)11-6-5-10-14(21)12-8-7-9-13(18)15(12)19;1-3-4-5-6-2/h7-9,14,21H,5-6,10-11H2,1-4H3;3-5H2,1-2H3. The molecule has 1 amide bonds. The molecular formula is C22H37ClFNO4. The molecule has 0 fully saturated rings. The summed E-state index contributed by atoms with van der Waals surface area (Å²) >= 11 is 5.70. The van der Waals surface area contributed by atoms with Gasteiger partial charge in [-0.15, -0.1) is 0 Å². The van der Waals surface area contributed by atoms with Crippen molar-refractivity contribution >= 4 is 17.7 Å². The number of aliphatic hydroxyl groups is 1. The quantitative estimate of drug-likeness (QED) is 0.486. The Morgan fingerprint density at radius 3 is 2.45 bits per heavy atom. The monoisotopic (exact) mass is 433 g/mol. The number of aliphatic hydroxyl groups excluding tert-OH is 1. The normalized spacial score (nSPS) is 12.0. The van der Waals surface area contributed by atoms with Crippen LogP contribution in [0.15, 0.2) is 18.2 Å². The van der Waals surface area contributed by atoms with Gasteiger partial charge < -0.3 is 19.5 Å². The van der Waals surface area contributed by atoms with Gasteiger partial charge >= 0.3 is 6.09 Å². The van der Waals surface area contributed by atoms with Gasteiger partial charge in [-0.25, -0.2) is 9.18 Å². The van der Waals surface area contributed by atoms with E-state index in [0.29, 0.717) is 25.8 Å². The maximum absolute atomic E-state index is 13.8. The number of carbonyl (C=O) groups excluding carboxylic acids is 1. The Balaban J connectivity index is 0.00000113. The van der Waals surface area contributed by atoms with Gasteiger partial charge in [0.1, 0.15) is 11.4 Å². The minimum absolute atomic E-state index is 0.00575. The molecule has 1 atom stereocenters. The van der Waals surface area contributed by atoms with Crippen LogP contribution in [0.5, 0.6) is 0 Å². The van der Waals surface area contributed by atoms with E-state index in [1.54, 1.807) is 20.2 Å². The molecule has 1 rings (SSSR count). The van der Waals surface area contributed by atoms with Gasteiger partial charge in [0.15, 0.2) is 0 Å². The van der Waals surface area contributed by atoms with Crippen molar-refractivity contribution in [2.75, 3.05) is 27.3 Å². The highest BCUT2D eigenvalue weighted by Crippen LogP contribution is 2.26. The third kappa shape index (κ3) is 12.7. The first kappa shape index (κ1) is 27.6. The van der Waals surface area contributed by atoms with E-state index in [4.69, 9.17) is 21.1 Å². The van der Waals surface area contributed by atoms with E-state index in [2.05, 4.69) is 6.92 Å². The van der Waals surface area contributed by atoms with Gasteiger partial charge in [-0.1, -0.05) is 37.1 Å². The average molecular weight is 434 g/mol. The number of unbranched alkanes of at least 4 members (excludes halogenated alkanes) is 2. The number of amides is 1. The Labute approximate surface area is 180 Å². The molecule has 0 bridgehead atoms. The summed E-state index contributed by atoms with van der Waals surface area (Å²) in [5, 5.41) is 10.1. The Bertz CT molecular complexity index is 589. The first-order chi connectivity index (χ1) is 13.5. The zero-order valence-electron chi connectivity index (χ0n) is 18.6. The van der Waals surface area contributed by atoms with Crippen LogP contribution in [0.4, 0.5) is 9.18 Å². The predicted molar refractivity (Wildman–Crippen MR) is 116 cm³/mol. The molecule has 1 N–H and O–H groups in total. The second-order valence-electron chi connectivity index (χ2n) is 7.90. The van der Waals surface area contributed by atoms with E-state index < -0.39 is 17.5 Å². The van der Waals surface area contributed by atoms with Crippen LogP contribution in [0, 0.1) is 5.82 Å². The van der Waals surface area contributed by atoms with Crippen LogP contribution in [0.3, 0.4) is 0 Å². The van der Waals surface area contributed by atoms with E-state index in [1.165, 1.54) is 29.9 Å². The van der Waals surface area contributed by atoms with Crippen molar-refractivity contribution in [2.24, 2.45) is 0 Å². The van der Waals surface area contributed by atoms with Crippen molar-refractivity contribution in [1.29, 1.82) is 0 Å². The first-order valence-electron chi connectivity index (χ1n) is 10.1. The van der Waals surface area contributed by atoms with Crippen LogP contribution in [0.25, 0.3) is 0 Å². The van der Waals surface area contributed by atoms with Crippen LogP contribution in [-0.4, -0.2) is 49.0 Å². The summed E-state index contributed by atoms with van der Waals surface area (Å²) in [6.45, 7) is 9.02. The summed E-state index contributed by atoms with van der Waals surface area (Å²) < 4.78 is 23.8. The highest BCUT2D eigenvalue weighted by Gasteiger charge is 2.19. The van der Waals surface area contributed by atoms with E-state index in [1.807, 2.05) is 20.8 Å². The number of carbonyl (C=O) groups is 1. The smallest absolute Gasteiger partial charge is 0.410 e. The minimum Gasteiger partial charge on any atom is -0.444 e. The summed E-state index contributed by atoms with van der Waals surface area (Å²) in [6.07, 6.45) is 2.89. The number of rotatable bonds is 9. The minimum atomic E-state index is -0.902. The topological polar surface area (TPSA) is 59.0 Å². The largest absolute Gasteiger partial charge is 0.444 e. The molecule has 1 aromatic carbocycles. The Hall–Kier alpha value is -1.37. The van der Waals surface area contributed by atoms with Gasteiger partial charge in [-0.2, -0.15) is 0 Å². The Morgan fingerprint density at radius 1 is 1.28 bits per heavy atom. The molecule has 1 unspecified atom stereocenters. The number of hydrogen-bond acceptors (Lipinski definition) is 4. The van der Waals surface area contributed by atoms with Crippen LogP contribution in [-0.2, 0) is 9.47 Å². The second-order valence-corrected chi connectivity index (χ2v) is 8.31. The molecule has 7 heteroatoms. The number of methoxy groups -OCH3 is 1. The summed E-state index contributed by atoms with van der Waals surface area (Å²) in [4.78, 5) is 13.3. The van der Waals surface area contributed by atoms with Crippen molar-refractivity contribution in [3.8, 4) is 0 Å². The zero-order chi connectivity index (χ0) is 22.4. The molecular weight excluding hydrogens is 397 g/mol. The highest BCUT2D eigenvalue weighted by atomic mass is 35.5. The fraction of sp³-hybridized carbons (Fsp3) is 0.682. The van der Waals surface area contributed by atoms with Crippen LogP contribution < -0.4 is 0 Å². The predicted octanol–water partition coefficient (Wildman–Crippen LogP) is 5.98. The second kappa shape index (κ2) is 14.6. The fourth-order valence-corrected chi connectivity index (χ4v) is 2.52. The summed E-state index contributed by atoms with van der Waals surface area (Å²) in [7, 11) is 3.40. The van der Waals surface area contributed by atoms with Crippen LogP contribution >= 0.6 is 11.6 Å². The molecule has 0 aliphatic heterocycles. The maximum atomic E-state index is 13.8. The van der Waals surface area contributed by atoms with Gasteiger partial charge in [0.25, 0.3) is 0 Å². The third-order valence-corrected chi connectivity index (χ3v) is 4.26. The molecule has 0 saturated heterocycles. The molecule has 1 aromatic rings. The molecule has 29 heavy (non-hydrogen) atoms. The number of nitrogens with zero attached hydrogens (tertiary/aromatic N) is 1. The molecule has 0 heterocycles. The first-order valence-corrected chi connectivity index (χ1v) is 10.5. The van der Waals surface area contributed by atoms with Gasteiger partial charge in [-0.05, 0) is 52.5 Å². The lowest BCUT2D eigenvalue weighted by Gasteiger charge is -2.24. The molecule has 0 saturated carbocycles. The number of benzene rings is 1. The maximum Gasteiger partial charge on any atom is 0.410 e. The SMILES string of the molecule is CCCCOC.CN(CCCCC(O)c1cccc(Cl)c1F)C(=O)OC(C)(C)C. The summed E-state index contributed by atoms with van der Waals surface area (Å²) in [6, 6.07) is 4.59. The van der Waals surface area contributed by atoms with Crippen LogP contribution in [0.2, 0.25) is 5.02 Å². The lowest BCUT2D eigenvalue weighted by Crippen LogP contribution is -2.34. The van der Waals surface area contributed by atoms with E-state index in [9.17, 15) is 14.3 Å². The fourth-order valence-electron chi connectivity index (χ4n) is 2.34. The molecule has 5 nitrogen and oxygen atoms in total. The van der Waals surface area contributed by atoms with Crippen molar-refractivity contribution in [2.45, 2.75) is 71.5 Å². The Kier molecular flexibility index (Phi) is 13.9. The van der Waals surface area contributed by atoms with Crippen LogP contribution in [0.1, 0.15) is 71.5 Å². The van der Waals surface area contributed by atoms with E-state index >= 15 is 0 Å². The average Bonchev–Trinajstić information content (AvgIpc) is 2.64. The number of hydrogen-bond donors (Lipinski definition) is 1. The van der Waals surface area contributed by atoms with Crippen molar-refractivity contribution < 1.29 is 23.8 Å². The summed E-state index contributed by atoms with van der Waals surface area (Å²) in [5.41, 5.74) is -0.316. The Morgan fingerprint density at radius 2 is 1.93 bits per heavy atom. The number of ether oxygens (including phenoxy) is 2. The van der Waals surface area contributed by atoms with E-state index in [-0.39, 0.29) is 16.7 Å². The third-order valence-electron chi connectivity index (χ3n) is 3.97. The van der Waals surface area contributed by atoms with Crippen molar-refractivity contribution in [3.63, 3.8) is 0 Å². The summed E-state index contributed by atoms with van der Waals surface area (Å²) in [5.74, 6) is -0.576.